The number of rotatable bonds is 3. The van der Waals surface area contributed by atoms with E-state index >= 15 is 0 Å². The minimum Gasteiger partial charge on any atom is -0.503 e. The van der Waals surface area contributed by atoms with Gasteiger partial charge in [-0.15, -0.1) is 0 Å². The summed E-state index contributed by atoms with van der Waals surface area (Å²) in [7, 11) is 0. The van der Waals surface area contributed by atoms with Crippen LogP contribution >= 0.6 is 0 Å². The number of nitrogens with zero attached hydrogens (tertiary/aromatic N) is 2. The van der Waals surface area contributed by atoms with Gasteiger partial charge in [-0.1, -0.05) is 13.0 Å². The van der Waals surface area contributed by atoms with Crippen LogP contribution in [-0.2, 0) is 11.3 Å². The Balaban J connectivity index is 1.31. The number of fused-ring (bicyclic) bond motifs is 8. The fourth-order valence-electron chi connectivity index (χ4n) is 6.29. The number of hydrogen-bond donors (Lipinski definition) is 2. The summed E-state index contributed by atoms with van der Waals surface area (Å²) in [5, 5.41) is 13.2. The molecule has 2 bridgehead atoms. The van der Waals surface area contributed by atoms with E-state index in [4.69, 9.17) is 4.74 Å². The molecule has 2 aliphatic carbocycles. The highest BCUT2D eigenvalue weighted by Gasteiger charge is 2.67. The highest BCUT2D eigenvalue weighted by Crippen LogP contribution is 2.62. The van der Waals surface area contributed by atoms with Crippen molar-refractivity contribution in [2.75, 3.05) is 0 Å². The number of pyridine rings is 1. The Bertz CT molecular complexity index is 1310. The molecule has 2 aliphatic heterocycles. The zero-order valence-electron chi connectivity index (χ0n) is 18.5. The van der Waals surface area contributed by atoms with Crippen molar-refractivity contribution in [2.24, 2.45) is 17.8 Å². The molecule has 2 N–H and O–H groups in total. The van der Waals surface area contributed by atoms with Crippen LogP contribution in [-0.4, -0.2) is 44.8 Å². The number of amides is 2. The van der Waals surface area contributed by atoms with Crippen molar-refractivity contribution in [1.82, 2.24) is 14.8 Å². The maximum atomic E-state index is 14.1. The zero-order chi connectivity index (χ0) is 24.0. The second-order valence-electron chi connectivity index (χ2n) is 9.74. The second kappa shape index (κ2) is 7.11. The normalized spacial score (nSPS) is 31.4. The van der Waals surface area contributed by atoms with E-state index in [9.17, 15) is 28.3 Å². The van der Waals surface area contributed by atoms with Crippen LogP contribution in [0.1, 0.15) is 52.7 Å². The molecule has 1 unspecified atom stereocenters. The lowest BCUT2D eigenvalue weighted by Gasteiger charge is -2.46. The van der Waals surface area contributed by atoms with Gasteiger partial charge in [0.25, 0.3) is 11.8 Å². The van der Waals surface area contributed by atoms with Gasteiger partial charge in [-0.05, 0) is 37.2 Å². The number of aromatic nitrogens is 1. The summed E-state index contributed by atoms with van der Waals surface area (Å²) in [4.78, 5) is 40.7. The summed E-state index contributed by atoms with van der Waals surface area (Å²) in [6.45, 7) is 3.81. The van der Waals surface area contributed by atoms with E-state index in [1.807, 2.05) is 0 Å². The van der Waals surface area contributed by atoms with E-state index < -0.39 is 46.9 Å². The van der Waals surface area contributed by atoms with E-state index in [1.165, 1.54) is 23.8 Å². The standard InChI is InChI=1S/C24H23F2N3O5/c1-9-18-15-6-16(19(9)18)34-17-8-28-7-13(21(30)22(31)20(28)24(33)29(15)17)23(32)27-10(2)12-4-3-11(25)5-14(12)26/h3-5,7,9-10,15-19,31H,6,8H2,1-2H3,(H,27,32)/t9-,10-,15?,16+,17-,18-,19+/m1/s1. The molecule has 1 aromatic heterocycles. The number of benzene rings is 1. The van der Waals surface area contributed by atoms with Crippen LogP contribution < -0.4 is 10.7 Å². The SMILES string of the molecule is C[C@@H]1[C@@H]2C3C[C@H](O[C@@H]4Cn5cc(C(=O)N[C@H](C)c6ccc(F)cc6F)c(=O)c(O)c5C(=O)N34)[C@H]12. The van der Waals surface area contributed by atoms with Gasteiger partial charge < -0.3 is 24.6 Å². The molecule has 0 spiro atoms. The van der Waals surface area contributed by atoms with Crippen LogP contribution in [0.15, 0.2) is 29.2 Å². The van der Waals surface area contributed by atoms with Crippen molar-refractivity contribution in [1.29, 1.82) is 0 Å². The minimum absolute atomic E-state index is 0.0222. The lowest BCUT2D eigenvalue weighted by atomic mass is 10.00. The average Bonchev–Trinajstić information content (AvgIpc) is 3.35. The molecule has 178 valence electrons. The summed E-state index contributed by atoms with van der Waals surface area (Å²) in [6, 6.07) is 2.13. The van der Waals surface area contributed by atoms with Crippen LogP contribution in [0.4, 0.5) is 8.78 Å². The largest absolute Gasteiger partial charge is 0.503 e. The van der Waals surface area contributed by atoms with Gasteiger partial charge in [-0.3, -0.25) is 14.4 Å². The molecule has 10 heteroatoms. The maximum Gasteiger partial charge on any atom is 0.276 e. The monoisotopic (exact) mass is 471 g/mol. The molecule has 2 amide bonds. The number of halogens is 2. The van der Waals surface area contributed by atoms with Crippen LogP contribution in [0.3, 0.4) is 0 Å². The van der Waals surface area contributed by atoms with E-state index in [0.717, 1.165) is 12.5 Å². The van der Waals surface area contributed by atoms with Crippen molar-refractivity contribution in [3.8, 4) is 5.75 Å². The lowest BCUT2D eigenvalue weighted by Crippen LogP contribution is -2.58. The van der Waals surface area contributed by atoms with Crippen molar-refractivity contribution >= 4 is 11.8 Å². The quantitative estimate of drug-likeness (QED) is 0.715. The smallest absolute Gasteiger partial charge is 0.276 e. The zero-order valence-corrected chi connectivity index (χ0v) is 18.5. The first kappa shape index (κ1) is 21.3. The van der Waals surface area contributed by atoms with Crippen molar-refractivity contribution in [3.05, 3.63) is 63.1 Å². The average molecular weight is 471 g/mol. The number of carbonyl (C=O) groups excluding carboxylic acids is 2. The van der Waals surface area contributed by atoms with E-state index in [0.29, 0.717) is 23.8 Å². The first-order valence-corrected chi connectivity index (χ1v) is 11.4. The van der Waals surface area contributed by atoms with Crippen molar-refractivity contribution in [3.63, 3.8) is 0 Å². The predicted octanol–water partition coefficient (Wildman–Crippen LogP) is 2.16. The molecule has 34 heavy (non-hydrogen) atoms. The van der Waals surface area contributed by atoms with Crippen LogP contribution in [0.2, 0.25) is 0 Å². The maximum absolute atomic E-state index is 14.1. The third-order valence-electron chi connectivity index (χ3n) is 7.93. The number of ether oxygens (including phenoxy) is 1. The van der Waals surface area contributed by atoms with Gasteiger partial charge in [0.05, 0.1) is 18.7 Å². The van der Waals surface area contributed by atoms with Crippen molar-refractivity contribution < 1.29 is 28.2 Å². The Kier molecular flexibility index (Phi) is 4.45. The summed E-state index contributed by atoms with van der Waals surface area (Å²) in [5.41, 5.74) is -1.48. The fourth-order valence-corrected chi connectivity index (χ4v) is 6.29. The molecule has 3 fully saturated rings. The Morgan fingerprint density at radius 1 is 1.26 bits per heavy atom. The molecule has 2 saturated carbocycles. The minimum atomic E-state index is -0.984. The molecule has 4 aliphatic rings. The number of nitrogens with one attached hydrogen (secondary N) is 1. The Labute approximate surface area is 193 Å². The lowest BCUT2D eigenvalue weighted by molar-refractivity contribution is -0.147. The van der Waals surface area contributed by atoms with Gasteiger partial charge in [0.1, 0.15) is 17.2 Å². The van der Waals surface area contributed by atoms with E-state index in [2.05, 4.69) is 12.2 Å². The van der Waals surface area contributed by atoms with Gasteiger partial charge >= 0.3 is 0 Å². The molecular weight excluding hydrogens is 448 g/mol. The molecule has 1 aromatic carbocycles. The molecule has 1 saturated heterocycles. The molecule has 0 radical (unpaired) electrons. The fraction of sp³-hybridized carbons (Fsp3) is 0.458. The highest BCUT2D eigenvalue weighted by molar-refractivity contribution is 5.99. The summed E-state index contributed by atoms with van der Waals surface area (Å²) < 4.78 is 34.9. The first-order chi connectivity index (χ1) is 16.2. The van der Waals surface area contributed by atoms with E-state index in [1.54, 1.807) is 4.90 Å². The molecular formula is C24H23F2N3O5. The molecule has 3 heterocycles. The Morgan fingerprint density at radius 3 is 2.76 bits per heavy atom. The van der Waals surface area contributed by atoms with Gasteiger partial charge in [-0.2, -0.15) is 0 Å². The molecule has 2 aromatic rings. The summed E-state index contributed by atoms with van der Waals surface area (Å²) in [6.07, 6.45) is 1.54. The molecule has 6 rings (SSSR count). The van der Waals surface area contributed by atoms with Gasteiger partial charge in [0.2, 0.25) is 5.43 Å². The summed E-state index contributed by atoms with van der Waals surface area (Å²) >= 11 is 0. The third kappa shape index (κ3) is 2.87. The second-order valence-corrected chi connectivity index (χ2v) is 9.74. The number of hydrogen-bond acceptors (Lipinski definition) is 5. The molecule has 7 atom stereocenters. The number of carbonyl (C=O) groups is 2. The topological polar surface area (TPSA) is 101 Å². The third-order valence-corrected chi connectivity index (χ3v) is 7.93. The Morgan fingerprint density at radius 2 is 2.03 bits per heavy atom. The van der Waals surface area contributed by atoms with Gasteiger partial charge in [0, 0.05) is 23.9 Å². The Hall–Kier alpha value is -3.27. The van der Waals surface area contributed by atoms with Crippen LogP contribution in [0, 0.1) is 29.4 Å². The first-order valence-electron chi connectivity index (χ1n) is 11.4. The van der Waals surface area contributed by atoms with Crippen LogP contribution in [0.25, 0.3) is 0 Å². The summed E-state index contributed by atoms with van der Waals surface area (Å²) in [5.74, 6) is -2.43. The molecule has 8 nitrogen and oxygen atoms in total. The van der Waals surface area contributed by atoms with Gasteiger partial charge in [-0.25, -0.2) is 8.78 Å². The van der Waals surface area contributed by atoms with Crippen LogP contribution in [0.5, 0.6) is 5.75 Å². The highest BCUT2D eigenvalue weighted by atomic mass is 19.1. The predicted molar refractivity (Wildman–Crippen MR) is 114 cm³/mol. The van der Waals surface area contributed by atoms with Crippen molar-refractivity contribution in [2.45, 2.75) is 51.2 Å². The van der Waals surface area contributed by atoms with E-state index in [-0.39, 0.29) is 35.5 Å². The number of aromatic hydroxyl groups is 1. The van der Waals surface area contributed by atoms with Gasteiger partial charge in [0.15, 0.2) is 17.7 Å².